The number of aryl methyl sites for hydroxylation is 1. The summed E-state index contributed by atoms with van der Waals surface area (Å²) in [4.78, 5) is 45.4. The van der Waals surface area contributed by atoms with Crippen molar-refractivity contribution in [2.24, 2.45) is 0 Å². The Morgan fingerprint density at radius 3 is 2.67 bits per heavy atom. The molecule has 0 bridgehead atoms. The summed E-state index contributed by atoms with van der Waals surface area (Å²) >= 11 is 1.60. The highest BCUT2D eigenvalue weighted by Gasteiger charge is 2.43. The van der Waals surface area contributed by atoms with Crippen molar-refractivity contribution >= 4 is 45.0 Å². The highest BCUT2D eigenvalue weighted by Crippen LogP contribution is 2.33. The fraction of sp³-hybridized carbons (Fsp3) is 0.200. The molecule has 166 valence electrons. The van der Waals surface area contributed by atoms with E-state index in [1.165, 1.54) is 23.7 Å². The molecule has 7 nitrogen and oxygen atoms in total. The molecular formula is C25H21N3O4S. The third kappa shape index (κ3) is 3.93. The first-order chi connectivity index (χ1) is 15.9. The van der Waals surface area contributed by atoms with E-state index in [-0.39, 0.29) is 24.8 Å². The average Bonchev–Trinajstić information content (AvgIpc) is 3.51. The van der Waals surface area contributed by atoms with E-state index in [9.17, 15) is 14.4 Å². The molecular weight excluding hydrogens is 438 g/mol. The molecule has 0 N–H and O–H groups in total. The van der Waals surface area contributed by atoms with Crippen molar-refractivity contribution in [3.8, 4) is 10.6 Å². The summed E-state index contributed by atoms with van der Waals surface area (Å²) in [6.45, 7) is 3.57. The number of carbonyl (C=O) groups excluding carboxylic acids is 3. The minimum atomic E-state index is -0.854. The summed E-state index contributed by atoms with van der Waals surface area (Å²) in [7, 11) is 0. The van der Waals surface area contributed by atoms with Crippen LogP contribution in [0.5, 0.6) is 0 Å². The number of thiazole rings is 1. The molecule has 5 rings (SSSR count). The number of furan rings is 1. The van der Waals surface area contributed by atoms with Gasteiger partial charge in [-0.3, -0.25) is 14.4 Å². The maximum absolute atomic E-state index is 13.2. The molecule has 0 saturated carbocycles. The van der Waals surface area contributed by atoms with E-state index < -0.39 is 11.9 Å². The zero-order chi connectivity index (χ0) is 23.1. The van der Waals surface area contributed by atoms with Gasteiger partial charge in [0.25, 0.3) is 5.91 Å². The average molecular weight is 460 g/mol. The minimum absolute atomic E-state index is 0.0574. The molecule has 1 unspecified atom stereocenters. The molecule has 0 spiro atoms. The molecule has 0 radical (unpaired) electrons. The maximum Gasteiger partial charge on any atom is 0.257 e. The Morgan fingerprint density at radius 2 is 1.97 bits per heavy atom. The Balaban J connectivity index is 1.39. The number of carbonyl (C=O) groups is 3. The lowest BCUT2D eigenvalue weighted by Crippen LogP contribution is -2.44. The van der Waals surface area contributed by atoms with Crippen molar-refractivity contribution in [3.05, 3.63) is 72.2 Å². The first-order valence-corrected chi connectivity index (χ1v) is 11.4. The van der Waals surface area contributed by atoms with Crippen molar-refractivity contribution in [3.63, 3.8) is 0 Å². The van der Waals surface area contributed by atoms with Crippen LogP contribution < -0.4 is 4.90 Å². The van der Waals surface area contributed by atoms with E-state index in [0.717, 1.165) is 25.7 Å². The number of aromatic nitrogens is 1. The van der Waals surface area contributed by atoms with Crippen LogP contribution in [0.25, 0.3) is 20.8 Å². The summed E-state index contributed by atoms with van der Waals surface area (Å²) in [6.07, 6.45) is 1.45. The summed E-state index contributed by atoms with van der Waals surface area (Å²) in [5.74, 6) is -0.482. The summed E-state index contributed by atoms with van der Waals surface area (Å²) in [5.41, 5.74) is 3.52. The third-order valence-corrected chi connectivity index (χ3v) is 6.79. The van der Waals surface area contributed by atoms with Crippen LogP contribution in [0.4, 0.5) is 5.69 Å². The van der Waals surface area contributed by atoms with Gasteiger partial charge in [0, 0.05) is 12.5 Å². The van der Waals surface area contributed by atoms with Gasteiger partial charge in [-0.25, -0.2) is 9.88 Å². The van der Waals surface area contributed by atoms with Crippen LogP contribution in [-0.2, 0) is 20.9 Å². The van der Waals surface area contributed by atoms with Crippen LogP contribution in [0.3, 0.4) is 0 Å². The van der Waals surface area contributed by atoms with Crippen LogP contribution in [0.15, 0.2) is 65.3 Å². The predicted octanol–water partition coefficient (Wildman–Crippen LogP) is 4.55. The van der Waals surface area contributed by atoms with Crippen molar-refractivity contribution in [1.29, 1.82) is 0 Å². The van der Waals surface area contributed by atoms with Crippen LogP contribution >= 0.6 is 11.3 Å². The molecule has 3 heterocycles. The van der Waals surface area contributed by atoms with E-state index >= 15 is 0 Å². The van der Waals surface area contributed by atoms with Gasteiger partial charge in [-0.1, -0.05) is 6.07 Å². The molecule has 0 aliphatic carbocycles. The van der Waals surface area contributed by atoms with Gasteiger partial charge in [-0.2, -0.15) is 0 Å². The SMILES string of the molecule is CC(=O)N(Cc1ccco1)C1CC(=O)N(c2ccc(-c3nc4ccc(C)cc4s3)cc2)C1=O. The van der Waals surface area contributed by atoms with Crippen LogP contribution in [-0.4, -0.2) is 33.6 Å². The van der Waals surface area contributed by atoms with Gasteiger partial charge in [0.2, 0.25) is 11.8 Å². The Bertz CT molecular complexity index is 1360. The number of hydrogen-bond donors (Lipinski definition) is 0. The zero-order valence-corrected chi connectivity index (χ0v) is 19.0. The second kappa shape index (κ2) is 8.29. The largest absolute Gasteiger partial charge is 0.467 e. The van der Waals surface area contributed by atoms with Gasteiger partial charge < -0.3 is 9.32 Å². The lowest BCUT2D eigenvalue weighted by Gasteiger charge is -2.25. The summed E-state index contributed by atoms with van der Waals surface area (Å²) in [6, 6.07) is 16.0. The summed E-state index contributed by atoms with van der Waals surface area (Å²) < 4.78 is 6.44. The molecule has 1 aliphatic heterocycles. The Morgan fingerprint density at radius 1 is 1.18 bits per heavy atom. The molecule has 3 amide bonds. The number of anilines is 1. The molecule has 2 aromatic carbocycles. The normalized spacial score (nSPS) is 16.1. The second-order valence-corrected chi connectivity index (χ2v) is 9.08. The molecule has 1 atom stereocenters. The smallest absolute Gasteiger partial charge is 0.257 e. The Hall–Kier alpha value is -3.78. The number of fused-ring (bicyclic) bond motifs is 1. The third-order valence-electron chi connectivity index (χ3n) is 5.73. The molecule has 33 heavy (non-hydrogen) atoms. The number of benzene rings is 2. The second-order valence-electron chi connectivity index (χ2n) is 8.05. The van der Waals surface area contributed by atoms with Crippen molar-refractivity contribution in [2.75, 3.05) is 4.90 Å². The number of imide groups is 1. The van der Waals surface area contributed by atoms with E-state index in [1.54, 1.807) is 35.6 Å². The van der Waals surface area contributed by atoms with Gasteiger partial charge in [-0.15, -0.1) is 11.3 Å². The van der Waals surface area contributed by atoms with E-state index in [0.29, 0.717) is 11.4 Å². The van der Waals surface area contributed by atoms with Crippen molar-refractivity contribution in [2.45, 2.75) is 32.9 Å². The van der Waals surface area contributed by atoms with Gasteiger partial charge in [0.1, 0.15) is 16.8 Å². The lowest BCUT2D eigenvalue weighted by molar-refractivity contribution is -0.137. The van der Waals surface area contributed by atoms with Crippen LogP contribution in [0.1, 0.15) is 24.7 Å². The molecule has 1 fully saturated rings. The van der Waals surface area contributed by atoms with Gasteiger partial charge >= 0.3 is 0 Å². The minimum Gasteiger partial charge on any atom is -0.467 e. The van der Waals surface area contributed by atoms with Crippen LogP contribution in [0, 0.1) is 6.92 Å². The Kier molecular flexibility index (Phi) is 5.30. The Labute approximate surface area is 194 Å². The van der Waals surface area contributed by atoms with E-state index in [2.05, 4.69) is 11.1 Å². The van der Waals surface area contributed by atoms with Crippen LogP contribution in [0.2, 0.25) is 0 Å². The molecule has 1 saturated heterocycles. The first kappa shape index (κ1) is 21.1. The number of rotatable bonds is 5. The predicted molar refractivity (Wildman–Crippen MR) is 126 cm³/mol. The van der Waals surface area contributed by atoms with E-state index in [1.807, 2.05) is 31.2 Å². The number of hydrogen-bond acceptors (Lipinski definition) is 6. The lowest BCUT2D eigenvalue weighted by atomic mass is 10.2. The zero-order valence-electron chi connectivity index (χ0n) is 18.1. The topological polar surface area (TPSA) is 83.7 Å². The highest BCUT2D eigenvalue weighted by molar-refractivity contribution is 7.21. The molecule has 4 aromatic rings. The fourth-order valence-corrected chi connectivity index (χ4v) is 5.12. The van der Waals surface area contributed by atoms with Gasteiger partial charge in [-0.05, 0) is 61.0 Å². The number of amides is 3. The maximum atomic E-state index is 13.2. The molecule has 2 aromatic heterocycles. The summed E-state index contributed by atoms with van der Waals surface area (Å²) in [5, 5.41) is 0.875. The van der Waals surface area contributed by atoms with Crippen molar-refractivity contribution in [1.82, 2.24) is 9.88 Å². The standard InChI is InChI=1S/C25H21N3O4S/c1-15-5-10-20-22(12-15)33-24(26-20)17-6-8-18(9-7-17)28-23(30)13-21(25(28)31)27(16(2)29)14-19-4-3-11-32-19/h3-12,21H,13-14H2,1-2H3. The molecule has 1 aliphatic rings. The van der Waals surface area contributed by atoms with Gasteiger partial charge in [0.05, 0.1) is 35.1 Å². The fourth-order valence-electron chi connectivity index (χ4n) is 4.05. The van der Waals surface area contributed by atoms with Crippen molar-refractivity contribution < 1.29 is 18.8 Å². The highest BCUT2D eigenvalue weighted by atomic mass is 32.1. The monoisotopic (exact) mass is 459 g/mol. The molecule has 8 heteroatoms. The number of nitrogens with zero attached hydrogens (tertiary/aromatic N) is 3. The van der Waals surface area contributed by atoms with E-state index in [4.69, 9.17) is 4.42 Å². The quantitative estimate of drug-likeness (QED) is 0.409. The van der Waals surface area contributed by atoms with Gasteiger partial charge in [0.15, 0.2) is 0 Å². The first-order valence-electron chi connectivity index (χ1n) is 10.5.